The van der Waals surface area contributed by atoms with Gasteiger partial charge in [0.15, 0.2) is 0 Å². The third kappa shape index (κ3) is 4.08. The monoisotopic (exact) mass is 332 g/mol. The molecule has 2 amide bonds. The third-order valence-corrected chi connectivity index (χ3v) is 5.16. The van der Waals surface area contributed by atoms with Crippen LogP contribution < -0.4 is 5.32 Å². The lowest BCUT2D eigenvalue weighted by atomic mass is 9.74. The van der Waals surface area contributed by atoms with Crippen LogP contribution >= 0.6 is 0 Å². The first-order chi connectivity index (χ1) is 11.5. The summed E-state index contributed by atoms with van der Waals surface area (Å²) in [5.74, 6) is 0.438. The summed E-state index contributed by atoms with van der Waals surface area (Å²) in [6, 6.07) is 8.76. The molecule has 0 heterocycles. The Labute approximate surface area is 144 Å². The molecule has 24 heavy (non-hydrogen) atoms. The quantitative estimate of drug-likeness (QED) is 0.871. The Morgan fingerprint density at radius 2 is 2.00 bits per heavy atom. The van der Waals surface area contributed by atoms with Crippen molar-refractivity contribution in [1.82, 2.24) is 10.2 Å². The van der Waals surface area contributed by atoms with E-state index in [4.69, 9.17) is 0 Å². The average molecular weight is 332 g/mol. The lowest BCUT2D eigenvalue weighted by molar-refractivity contribution is -0.138. The van der Waals surface area contributed by atoms with E-state index in [0.29, 0.717) is 18.9 Å². The number of hydrogen-bond acceptors (Lipinski definition) is 3. The van der Waals surface area contributed by atoms with Gasteiger partial charge in [-0.15, -0.1) is 0 Å². The normalized spacial score (nSPS) is 20.7. The van der Waals surface area contributed by atoms with Crippen molar-refractivity contribution in [2.24, 2.45) is 5.92 Å². The van der Waals surface area contributed by atoms with Gasteiger partial charge in [0.1, 0.15) is 0 Å². The largest absolute Gasteiger partial charge is 0.453 e. The van der Waals surface area contributed by atoms with Crippen LogP contribution in [0.15, 0.2) is 24.3 Å². The number of carbonyl (C=O) groups is 2. The number of aryl methyl sites for hydroxylation is 1. The minimum absolute atomic E-state index is 0.0992. The fourth-order valence-electron chi connectivity index (χ4n) is 3.36. The number of rotatable bonds is 6. The maximum atomic E-state index is 12.7. The number of amides is 2. The lowest BCUT2D eigenvalue weighted by Crippen LogP contribution is -2.48. The van der Waals surface area contributed by atoms with Crippen LogP contribution in [0.5, 0.6) is 0 Å². The second-order valence-corrected chi connectivity index (χ2v) is 6.61. The van der Waals surface area contributed by atoms with E-state index in [1.54, 1.807) is 0 Å². The molecule has 0 spiro atoms. The number of nitrogens with one attached hydrogen (secondary N) is 1. The molecule has 132 valence electrons. The van der Waals surface area contributed by atoms with Crippen molar-refractivity contribution in [3.8, 4) is 0 Å². The van der Waals surface area contributed by atoms with Crippen LogP contribution in [0, 0.1) is 12.8 Å². The highest BCUT2D eigenvalue weighted by atomic mass is 16.5. The third-order valence-electron chi connectivity index (χ3n) is 5.16. The summed E-state index contributed by atoms with van der Waals surface area (Å²) in [5.41, 5.74) is 2.72. The number of hydrogen-bond donors (Lipinski definition) is 1. The molecule has 1 N–H and O–H groups in total. The molecule has 2 rings (SSSR count). The SMILES string of the molecule is CC[C@H](CNC(=O)OC)C(=O)N(C)C1CC(c2ccccc2C)C1. The summed E-state index contributed by atoms with van der Waals surface area (Å²) < 4.78 is 4.56. The molecular weight excluding hydrogens is 304 g/mol. The standard InChI is InChI=1S/C19H28N2O3/c1-5-14(12-20-19(23)24-4)18(22)21(3)16-10-15(11-16)17-9-7-6-8-13(17)2/h6-9,14-16H,5,10-12H2,1-4H3,(H,20,23)/t14-,15?,16?/m1/s1. The summed E-state index contributed by atoms with van der Waals surface area (Å²) in [4.78, 5) is 25.7. The van der Waals surface area contributed by atoms with E-state index in [1.807, 2.05) is 18.9 Å². The van der Waals surface area contributed by atoms with Gasteiger partial charge in [0.2, 0.25) is 5.91 Å². The van der Waals surface area contributed by atoms with Crippen LogP contribution in [-0.4, -0.2) is 43.6 Å². The highest BCUT2D eigenvalue weighted by Gasteiger charge is 2.37. The van der Waals surface area contributed by atoms with Crippen molar-refractivity contribution in [2.75, 3.05) is 20.7 Å². The van der Waals surface area contributed by atoms with E-state index in [1.165, 1.54) is 18.2 Å². The Kier molecular flexibility index (Phi) is 6.23. The number of nitrogens with zero attached hydrogens (tertiary/aromatic N) is 1. The van der Waals surface area contributed by atoms with Gasteiger partial charge >= 0.3 is 6.09 Å². The highest BCUT2D eigenvalue weighted by molar-refractivity contribution is 5.80. The second kappa shape index (κ2) is 8.18. The molecule has 0 radical (unpaired) electrons. The number of alkyl carbamates (subject to hydrolysis) is 1. The van der Waals surface area contributed by atoms with Crippen molar-refractivity contribution in [3.63, 3.8) is 0 Å². The molecule has 0 saturated heterocycles. The molecular formula is C19H28N2O3. The van der Waals surface area contributed by atoms with Gasteiger partial charge in [-0.3, -0.25) is 4.79 Å². The van der Waals surface area contributed by atoms with E-state index in [2.05, 4.69) is 41.2 Å². The van der Waals surface area contributed by atoms with E-state index in [-0.39, 0.29) is 17.9 Å². The summed E-state index contributed by atoms with van der Waals surface area (Å²) in [5, 5.41) is 2.63. The first-order valence-electron chi connectivity index (χ1n) is 8.61. The van der Waals surface area contributed by atoms with Crippen LogP contribution in [-0.2, 0) is 9.53 Å². The predicted octanol–water partition coefficient (Wildman–Crippen LogP) is 3.08. The van der Waals surface area contributed by atoms with Gasteiger partial charge in [-0.1, -0.05) is 31.2 Å². The Balaban J connectivity index is 1.88. The fourth-order valence-corrected chi connectivity index (χ4v) is 3.36. The summed E-state index contributed by atoms with van der Waals surface area (Å²) >= 11 is 0. The van der Waals surface area contributed by atoms with Gasteiger partial charge in [0.25, 0.3) is 0 Å². The first-order valence-corrected chi connectivity index (χ1v) is 8.61. The molecule has 1 aliphatic carbocycles. The molecule has 1 saturated carbocycles. The number of methoxy groups -OCH3 is 1. The molecule has 0 aliphatic heterocycles. The maximum absolute atomic E-state index is 12.7. The van der Waals surface area contributed by atoms with Gasteiger partial charge in [-0.05, 0) is 43.2 Å². The Bertz CT molecular complexity index is 582. The zero-order valence-corrected chi connectivity index (χ0v) is 15.0. The molecule has 1 aliphatic rings. The number of ether oxygens (including phenoxy) is 1. The Hall–Kier alpha value is -2.04. The van der Waals surface area contributed by atoms with Crippen molar-refractivity contribution in [3.05, 3.63) is 35.4 Å². The second-order valence-electron chi connectivity index (χ2n) is 6.61. The van der Waals surface area contributed by atoms with Crippen molar-refractivity contribution >= 4 is 12.0 Å². The first kappa shape index (κ1) is 18.3. The zero-order valence-electron chi connectivity index (χ0n) is 15.0. The topological polar surface area (TPSA) is 58.6 Å². The molecule has 5 heteroatoms. The minimum Gasteiger partial charge on any atom is -0.453 e. The Morgan fingerprint density at radius 1 is 1.33 bits per heavy atom. The van der Waals surface area contributed by atoms with Gasteiger partial charge < -0.3 is 15.0 Å². The predicted molar refractivity (Wildman–Crippen MR) is 93.9 cm³/mol. The van der Waals surface area contributed by atoms with E-state index >= 15 is 0 Å². The molecule has 0 unspecified atom stereocenters. The van der Waals surface area contributed by atoms with Crippen molar-refractivity contribution in [1.29, 1.82) is 0 Å². The van der Waals surface area contributed by atoms with Crippen LogP contribution in [0.2, 0.25) is 0 Å². The molecule has 0 bridgehead atoms. The maximum Gasteiger partial charge on any atom is 0.406 e. The van der Waals surface area contributed by atoms with Crippen LogP contribution in [0.25, 0.3) is 0 Å². The summed E-state index contributed by atoms with van der Waals surface area (Å²) in [6.45, 7) is 4.43. The summed E-state index contributed by atoms with van der Waals surface area (Å²) in [6.07, 6.45) is 2.22. The van der Waals surface area contributed by atoms with Gasteiger partial charge in [-0.25, -0.2) is 4.79 Å². The molecule has 1 fully saturated rings. The molecule has 5 nitrogen and oxygen atoms in total. The van der Waals surface area contributed by atoms with Crippen LogP contribution in [0.3, 0.4) is 0 Å². The van der Waals surface area contributed by atoms with Crippen LogP contribution in [0.1, 0.15) is 43.2 Å². The number of benzene rings is 1. The number of carbonyl (C=O) groups excluding carboxylic acids is 2. The van der Waals surface area contributed by atoms with Gasteiger partial charge in [-0.2, -0.15) is 0 Å². The summed E-state index contributed by atoms with van der Waals surface area (Å²) in [7, 11) is 3.20. The lowest BCUT2D eigenvalue weighted by Gasteiger charge is -2.43. The molecule has 1 aromatic rings. The van der Waals surface area contributed by atoms with E-state index < -0.39 is 6.09 Å². The fraction of sp³-hybridized carbons (Fsp3) is 0.579. The minimum atomic E-state index is -0.493. The van der Waals surface area contributed by atoms with Crippen molar-refractivity contribution in [2.45, 2.75) is 45.1 Å². The average Bonchev–Trinajstić information content (AvgIpc) is 2.55. The van der Waals surface area contributed by atoms with E-state index in [9.17, 15) is 9.59 Å². The molecule has 0 aromatic heterocycles. The Morgan fingerprint density at radius 3 is 2.58 bits per heavy atom. The van der Waals surface area contributed by atoms with Crippen molar-refractivity contribution < 1.29 is 14.3 Å². The van der Waals surface area contributed by atoms with Gasteiger partial charge in [0.05, 0.1) is 13.0 Å². The highest BCUT2D eigenvalue weighted by Crippen LogP contribution is 2.40. The molecule has 1 atom stereocenters. The van der Waals surface area contributed by atoms with Crippen LogP contribution in [0.4, 0.5) is 4.79 Å². The van der Waals surface area contributed by atoms with E-state index in [0.717, 1.165) is 12.8 Å². The smallest absolute Gasteiger partial charge is 0.406 e. The zero-order chi connectivity index (χ0) is 17.7. The molecule has 1 aromatic carbocycles. The van der Waals surface area contributed by atoms with Gasteiger partial charge in [0, 0.05) is 19.6 Å².